The van der Waals surface area contributed by atoms with Gasteiger partial charge in [0.25, 0.3) is 5.91 Å². The summed E-state index contributed by atoms with van der Waals surface area (Å²) in [5.74, 6) is 0.193. The van der Waals surface area contributed by atoms with Gasteiger partial charge in [-0.1, -0.05) is 24.3 Å². The number of H-pyrrole nitrogens is 1. The Morgan fingerprint density at radius 3 is 2.11 bits per heavy atom. The first kappa shape index (κ1) is 47.0. The number of carbonyl (C=O) groups is 5. The van der Waals surface area contributed by atoms with Crippen molar-refractivity contribution >= 4 is 35.6 Å². The summed E-state index contributed by atoms with van der Waals surface area (Å²) < 4.78 is 16.6. The number of carbonyl (C=O) groups excluding carboxylic acids is 5. The lowest BCUT2D eigenvalue weighted by Gasteiger charge is -2.29. The van der Waals surface area contributed by atoms with Crippen LogP contribution in [0.5, 0.6) is 5.75 Å². The summed E-state index contributed by atoms with van der Waals surface area (Å²) >= 11 is 0. The van der Waals surface area contributed by atoms with Gasteiger partial charge in [0.15, 0.2) is 0 Å². The molecule has 1 saturated carbocycles. The second-order valence-corrected chi connectivity index (χ2v) is 18.6. The second kappa shape index (κ2) is 20.8. The number of amides is 5. The highest BCUT2D eigenvalue weighted by Gasteiger charge is 2.32. The minimum atomic E-state index is -0.890. The van der Waals surface area contributed by atoms with Crippen LogP contribution in [0, 0.1) is 17.8 Å². The molecule has 342 valence electrons. The van der Waals surface area contributed by atoms with Crippen LogP contribution in [0.4, 0.5) is 15.3 Å². The molecule has 0 radical (unpaired) electrons. The van der Waals surface area contributed by atoms with Crippen LogP contribution in [-0.2, 0) is 25.5 Å². The van der Waals surface area contributed by atoms with E-state index in [1.54, 1.807) is 48.4 Å². The van der Waals surface area contributed by atoms with E-state index in [4.69, 9.17) is 14.2 Å². The molecule has 1 aliphatic carbocycles. The van der Waals surface area contributed by atoms with Gasteiger partial charge in [-0.2, -0.15) is 5.21 Å². The van der Waals surface area contributed by atoms with E-state index in [0.717, 1.165) is 41.5 Å². The van der Waals surface area contributed by atoms with Crippen LogP contribution in [0.15, 0.2) is 66.7 Å². The van der Waals surface area contributed by atoms with Crippen molar-refractivity contribution in [2.45, 2.75) is 97.3 Å². The number of aromatic amines is 1. The maximum absolute atomic E-state index is 13.9. The number of aromatic nitrogens is 4. The summed E-state index contributed by atoms with van der Waals surface area (Å²) in [7, 11) is 1.55. The Kier molecular flexibility index (Phi) is 15.2. The number of likely N-dealkylation sites (tertiary alicyclic amines) is 1. The van der Waals surface area contributed by atoms with Crippen molar-refractivity contribution in [2.75, 3.05) is 38.6 Å². The Balaban J connectivity index is 1.08. The molecule has 1 aromatic heterocycles. The number of anilines is 1. The molecular formula is C47H61N9O8. The predicted molar refractivity (Wildman–Crippen MR) is 240 cm³/mol. The molecule has 17 nitrogen and oxygen atoms in total. The zero-order chi connectivity index (χ0) is 46.0. The number of rotatable bonds is 14. The van der Waals surface area contributed by atoms with Gasteiger partial charge in [-0.15, -0.1) is 10.2 Å². The SMILES string of the molecule is COc1cc(C(=O)NCC2CCN(C(=O)OC(C)(C)C)C2)ccc1-c1ccc(CC(NC(=O)C2CCC(CNC(=O)OC(C)(C)C)CC2)C(=O)Nc2ccc(-c3nn[nH]n3)cc2)cc1. The molecule has 2 fully saturated rings. The number of tetrazole rings is 1. The average molecular weight is 880 g/mol. The molecule has 3 aromatic carbocycles. The van der Waals surface area contributed by atoms with Gasteiger partial charge in [0, 0.05) is 60.9 Å². The second-order valence-electron chi connectivity index (χ2n) is 18.6. The Labute approximate surface area is 374 Å². The number of nitrogens with one attached hydrogen (secondary N) is 5. The normalized spacial score (nSPS) is 18.0. The summed E-state index contributed by atoms with van der Waals surface area (Å²) in [5.41, 5.74) is 2.98. The van der Waals surface area contributed by atoms with Gasteiger partial charge in [-0.3, -0.25) is 14.4 Å². The van der Waals surface area contributed by atoms with Crippen molar-refractivity contribution in [1.82, 2.24) is 41.5 Å². The van der Waals surface area contributed by atoms with Gasteiger partial charge in [-0.25, -0.2) is 9.59 Å². The first-order valence-corrected chi connectivity index (χ1v) is 21.9. The fourth-order valence-electron chi connectivity index (χ4n) is 7.84. The number of alkyl carbamates (subject to hydrolysis) is 1. The molecule has 0 bridgehead atoms. The minimum absolute atomic E-state index is 0.117. The molecule has 5 N–H and O–H groups in total. The summed E-state index contributed by atoms with van der Waals surface area (Å²) in [6.45, 7) is 13.0. The largest absolute Gasteiger partial charge is 0.496 e. The number of ether oxygens (including phenoxy) is 3. The molecule has 6 rings (SSSR count). The first-order valence-electron chi connectivity index (χ1n) is 21.9. The van der Waals surface area contributed by atoms with Crippen LogP contribution >= 0.6 is 0 Å². The van der Waals surface area contributed by atoms with E-state index in [9.17, 15) is 24.0 Å². The summed E-state index contributed by atoms with van der Waals surface area (Å²) in [4.78, 5) is 67.3. The third-order valence-corrected chi connectivity index (χ3v) is 11.2. The van der Waals surface area contributed by atoms with Crippen LogP contribution in [0.1, 0.15) is 89.6 Å². The molecule has 1 aliphatic heterocycles. The van der Waals surface area contributed by atoms with Gasteiger partial charge in [-0.05, 0) is 144 Å². The lowest BCUT2D eigenvalue weighted by atomic mass is 9.81. The van der Waals surface area contributed by atoms with Crippen LogP contribution in [0.25, 0.3) is 22.5 Å². The maximum Gasteiger partial charge on any atom is 0.410 e. The van der Waals surface area contributed by atoms with Crippen molar-refractivity contribution in [3.05, 3.63) is 77.9 Å². The molecule has 17 heteroatoms. The van der Waals surface area contributed by atoms with Gasteiger partial charge >= 0.3 is 12.2 Å². The Morgan fingerprint density at radius 2 is 1.47 bits per heavy atom. The van der Waals surface area contributed by atoms with E-state index in [2.05, 4.69) is 41.9 Å². The highest BCUT2D eigenvalue weighted by molar-refractivity contribution is 5.98. The van der Waals surface area contributed by atoms with E-state index in [0.29, 0.717) is 61.8 Å². The van der Waals surface area contributed by atoms with E-state index >= 15 is 0 Å². The molecule has 4 aromatic rings. The van der Waals surface area contributed by atoms with Crippen molar-refractivity contribution in [3.8, 4) is 28.3 Å². The molecule has 2 aliphatic rings. The number of benzene rings is 3. The van der Waals surface area contributed by atoms with Crippen LogP contribution < -0.4 is 26.0 Å². The first-order chi connectivity index (χ1) is 30.4. The number of hydrogen-bond donors (Lipinski definition) is 5. The monoisotopic (exact) mass is 879 g/mol. The fourth-order valence-corrected chi connectivity index (χ4v) is 7.84. The summed E-state index contributed by atoms with van der Waals surface area (Å²) in [6, 6.07) is 19.1. The molecule has 1 saturated heterocycles. The standard InChI is InChI=1S/C47H61N9O8/c1-46(2,3)63-44(60)49-26-30-10-14-34(15-11-30)42(58)51-38(43(59)50-36-19-16-33(17-20-36)40-52-54-55-53-40)24-29-8-12-32(13-9-29)37-21-18-35(25-39(37)62-7)41(57)48-27-31-22-23-56(28-31)45(61)64-47(4,5)6/h8-9,12-13,16-21,25,30-31,34,38H,10-11,14-15,22-24,26-28H2,1-7H3,(H,48,57)(H,49,60)(H,50,59)(H,51,58)(H,52,53,54,55). The molecule has 2 heterocycles. The van der Waals surface area contributed by atoms with E-state index < -0.39 is 23.3 Å². The third-order valence-electron chi connectivity index (χ3n) is 11.2. The zero-order valence-corrected chi connectivity index (χ0v) is 37.8. The molecule has 2 atom stereocenters. The van der Waals surface area contributed by atoms with Crippen LogP contribution in [0.2, 0.25) is 0 Å². The average Bonchev–Trinajstić information content (AvgIpc) is 3.98. The Hall–Kier alpha value is -6.52. The topological polar surface area (TPSA) is 219 Å². The fraction of sp³-hybridized carbons (Fsp3) is 0.489. The molecule has 0 spiro atoms. The van der Waals surface area contributed by atoms with E-state index in [1.807, 2.05) is 71.9 Å². The van der Waals surface area contributed by atoms with E-state index in [1.165, 1.54) is 0 Å². The van der Waals surface area contributed by atoms with Gasteiger partial charge < -0.3 is 40.4 Å². The predicted octanol–water partition coefficient (Wildman–Crippen LogP) is 6.53. The number of methoxy groups -OCH3 is 1. The van der Waals surface area contributed by atoms with Gasteiger partial charge in [0.1, 0.15) is 23.0 Å². The Morgan fingerprint density at radius 1 is 0.797 bits per heavy atom. The molecule has 64 heavy (non-hydrogen) atoms. The number of hydrogen-bond acceptors (Lipinski definition) is 11. The zero-order valence-electron chi connectivity index (χ0n) is 37.8. The Bertz CT molecular complexity index is 2230. The van der Waals surface area contributed by atoms with Crippen molar-refractivity contribution in [3.63, 3.8) is 0 Å². The van der Waals surface area contributed by atoms with Gasteiger partial charge in [0.05, 0.1) is 7.11 Å². The molecule has 2 unspecified atom stereocenters. The highest BCUT2D eigenvalue weighted by Crippen LogP contribution is 2.32. The molecule has 5 amide bonds. The van der Waals surface area contributed by atoms with Crippen molar-refractivity contribution in [1.29, 1.82) is 0 Å². The quantitative estimate of drug-likeness (QED) is 0.0918. The smallest absolute Gasteiger partial charge is 0.410 e. The van der Waals surface area contributed by atoms with Crippen LogP contribution in [-0.4, -0.2) is 106 Å². The summed E-state index contributed by atoms with van der Waals surface area (Å²) in [6.07, 6.45) is 2.96. The highest BCUT2D eigenvalue weighted by atomic mass is 16.6. The lowest BCUT2D eigenvalue weighted by Crippen LogP contribution is -2.48. The lowest BCUT2D eigenvalue weighted by molar-refractivity contribution is -0.130. The minimum Gasteiger partial charge on any atom is -0.496 e. The van der Waals surface area contributed by atoms with Crippen molar-refractivity contribution < 1.29 is 38.2 Å². The van der Waals surface area contributed by atoms with Gasteiger partial charge in [0.2, 0.25) is 17.6 Å². The van der Waals surface area contributed by atoms with Crippen molar-refractivity contribution in [2.24, 2.45) is 17.8 Å². The van der Waals surface area contributed by atoms with E-state index in [-0.39, 0.29) is 48.0 Å². The molecular weight excluding hydrogens is 819 g/mol. The maximum atomic E-state index is 13.9. The van der Waals surface area contributed by atoms with Crippen LogP contribution in [0.3, 0.4) is 0 Å². The number of nitrogens with zero attached hydrogens (tertiary/aromatic N) is 4. The third kappa shape index (κ3) is 13.5. The summed E-state index contributed by atoms with van der Waals surface area (Å²) in [5, 5.41) is 25.9.